The summed E-state index contributed by atoms with van der Waals surface area (Å²) in [6.45, 7) is 1.96. The van der Waals surface area contributed by atoms with E-state index >= 15 is 0 Å². The molecule has 3 rings (SSSR count). The summed E-state index contributed by atoms with van der Waals surface area (Å²) in [7, 11) is 1.55. The SMILES string of the molecule is COC1/C=C\C=C/C[C@@H](O)Cc2nc(co2)C(=O)N[C@H]2CS/C(=C\C[C@@H](C)OC2=O)C(=O)NC1. The average Bonchev–Trinajstić information content (AvgIpc) is 3.28. The number of carbonyl (C=O) groups excluding carboxylic acids is 3. The fraction of sp³-hybridized carbons (Fsp3) is 0.478. The molecule has 11 heteroatoms. The second-order valence-electron chi connectivity index (χ2n) is 7.91. The lowest BCUT2D eigenvalue weighted by Gasteiger charge is -2.18. The molecule has 1 aromatic heterocycles. The number of aliphatic hydroxyl groups excluding tert-OH is 1. The molecule has 0 saturated carbocycles. The highest BCUT2D eigenvalue weighted by Crippen LogP contribution is 2.22. The van der Waals surface area contributed by atoms with E-state index in [9.17, 15) is 19.5 Å². The summed E-state index contributed by atoms with van der Waals surface area (Å²) in [4.78, 5) is 42.6. The van der Waals surface area contributed by atoms with Gasteiger partial charge in [0.05, 0.1) is 23.5 Å². The van der Waals surface area contributed by atoms with E-state index in [1.54, 1.807) is 44.4 Å². The van der Waals surface area contributed by atoms with Gasteiger partial charge >= 0.3 is 5.97 Å². The van der Waals surface area contributed by atoms with Crippen molar-refractivity contribution in [1.29, 1.82) is 0 Å². The van der Waals surface area contributed by atoms with E-state index in [2.05, 4.69) is 15.6 Å². The summed E-state index contributed by atoms with van der Waals surface area (Å²) in [5.41, 5.74) is -0.0140. The molecule has 34 heavy (non-hydrogen) atoms. The van der Waals surface area contributed by atoms with Crippen molar-refractivity contribution in [2.75, 3.05) is 19.4 Å². The minimum absolute atomic E-state index is 0.0140. The van der Waals surface area contributed by atoms with Crippen molar-refractivity contribution in [3.63, 3.8) is 0 Å². The van der Waals surface area contributed by atoms with Crippen LogP contribution in [-0.4, -0.2) is 71.6 Å². The van der Waals surface area contributed by atoms with Gasteiger partial charge in [0.25, 0.3) is 11.8 Å². The third-order valence-corrected chi connectivity index (χ3v) is 6.28. The van der Waals surface area contributed by atoms with Crippen LogP contribution in [0.4, 0.5) is 0 Å². The quantitative estimate of drug-likeness (QED) is 0.496. The molecular weight excluding hydrogens is 462 g/mol. The maximum absolute atomic E-state index is 12.8. The first-order valence-corrected chi connectivity index (χ1v) is 12.0. The number of thioether (sulfide) groups is 1. The van der Waals surface area contributed by atoms with Crippen LogP contribution >= 0.6 is 11.8 Å². The van der Waals surface area contributed by atoms with E-state index in [0.717, 1.165) is 11.8 Å². The third-order valence-electron chi connectivity index (χ3n) is 5.11. The lowest BCUT2D eigenvalue weighted by atomic mass is 10.1. The van der Waals surface area contributed by atoms with Crippen LogP contribution in [-0.2, 0) is 25.5 Å². The summed E-state index contributed by atoms with van der Waals surface area (Å²) in [5.74, 6) is -1.21. The van der Waals surface area contributed by atoms with Crippen molar-refractivity contribution < 1.29 is 33.4 Å². The number of hydrogen-bond donors (Lipinski definition) is 3. The number of aliphatic hydroxyl groups is 1. The molecule has 0 saturated heterocycles. The molecule has 4 bridgehead atoms. The highest BCUT2D eigenvalue weighted by molar-refractivity contribution is 8.04. The Bertz CT molecular complexity index is 972. The summed E-state index contributed by atoms with van der Waals surface area (Å²) in [6, 6.07) is -0.995. The Kier molecular flexibility index (Phi) is 9.49. The lowest BCUT2D eigenvalue weighted by molar-refractivity contribution is -0.149. The number of oxazole rings is 1. The fourth-order valence-corrected chi connectivity index (χ4v) is 4.18. The Balaban J connectivity index is 1.85. The van der Waals surface area contributed by atoms with Gasteiger partial charge in [0.2, 0.25) is 0 Å². The van der Waals surface area contributed by atoms with Gasteiger partial charge in [-0.3, -0.25) is 9.59 Å². The van der Waals surface area contributed by atoms with Crippen molar-refractivity contribution >= 4 is 29.5 Å². The molecule has 0 spiro atoms. The molecule has 0 aliphatic carbocycles. The molecule has 2 aliphatic heterocycles. The number of cyclic esters (lactones) is 1. The smallest absolute Gasteiger partial charge is 0.329 e. The maximum atomic E-state index is 12.8. The van der Waals surface area contributed by atoms with Crippen LogP contribution in [0.25, 0.3) is 0 Å². The van der Waals surface area contributed by atoms with E-state index in [1.807, 2.05) is 0 Å². The Morgan fingerprint density at radius 2 is 2.03 bits per heavy atom. The van der Waals surface area contributed by atoms with E-state index < -0.39 is 30.1 Å². The number of hydrogen-bond acceptors (Lipinski definition) is 9. The molecule has 0 radical (unpaired) electrons. The van der Waals surface area contributed by atoms with Crippen LogP contribution < -0.4 is 10.6 Å². The maximum Gasteiger partial charge on any atom is 0.329 e. The summed E-state index contributed by atoms with van der Waals surface area (Å²) >= 11 is 1.16. The average molecular weight is 492 g/mol. The Labute approximate surface area is 201 Å². The highest BCUT2D eigenvalue weighted by atomic mass is 32.2. The van der Waals surface area contributed by atoms with Crippen LogP contribution in [0.2, 0.25) is 0 Å². The first-order valence-electron chi connectivity index (χ1n) is 11.0. The van der Waals surface area contributed by atoms with E-state index in [0.29, 0.717) is 17.7 Å². The number of fused-ring (bicyclic) bond motifs is 5. The molecule has 1 aromatic rings. The van der Waals surface area contributed by atoms with E-state index in [-0.39, 0.29) is 42.3 Å². The van der Waals surface area contributed by atoms with Gasteiger partial charge in [0, 0.05) is 25.8 Å². The van der Waals surface area contributed by atoms with Crippen LogP contribution in [0.1, 0.15) is 36.1 Å². The molecule has 4 atom stereocenters. The van der Waals surface area contributed by atoms with Gasteiger partial charge in [-0.05, 0) is 13.3 Å². The molecule has 3 heterocycles. The van der Waals surface area contributed by atoms with Crippen LogP contribution in [0.15, 0.2) is 46.0 Å². The fourth-order valence-electron chi connectivity index (χ4n) is 3.20. The zero-order valence-corrected chi connectivity index (χ0v) is 19.9. The standard InChI is InChI=1S/C23H29N3O7S/c1-14-8-9-19-22(29)24-11-16(31-2)7-5-3-4-6-15(27)10-20-25-17(12-32-20)21(28)26-18(13-34-19)23(30)33-14/h3-5,7,9,12,14-16,18,27H,6,8,10-11,13H2,1-2H3,(H,24,29)(H,26,28)/b4-3-,7-5-,19-9-/t14-,15-,16?,18+/m1/s1. The Hall–Kier alpha value is -2.89. The van der Waals surface area contributed by atoms with Crippen LogP contribution in [0, 0.1) is 0 Å². The largest absolute Gasteiger partial charge is 0.461 e. The minimum Gasteiger partial charge on any atom is -0.461 e. The van der Waals surface area contributed by atoms with Gasteiger partial charge < -0.3 is 29.6 Å². The molecule has 1 unspecified atom stereocenters. The summed E-state index contributed by atoms with van der Waals surface area (Å²) < 4.78 is 16.1. The molecule has 2 amide bonds. The number of aromatic nitrogens is 1. The monoisotopic (exact) mass is 491 g/mol. The predicted octanol–water partition coefficient (Wildman–Crippen LogP) is 1.28. The normalized spacial score (nSPS) is 30.9. The van der Waals surface area contributed by atoms with Crippen molar-refractivity contribution in [2.45, 2.75) is 50.5 Å². The zero-order valence-electron chi connectivity index (χ0n) is 19.1. The highest BCUT2D eigenvalue weighted by Gasteiger charge is 2.28. The minimum atomic E-state index is -0.995. The summed E-state index contributed by atoms with van der Waals surface area (Å²) in [6.07, 6.45) is 9.29. The van der Waals surface area contributed by atoms with Crippen molar-refractivity contribution in [1.82, 2.24) is 15.6 Å². The first kappa shape index (κ1) is 25.7. The van der Waals surface area contributed by atoms with Crippen molar-refractivity contribution in [2.24, 2.45) is 0 Å². The molecule has 3 N–H and O–H groups in total. The second kappa shape index (κ2) is 12.5. The van der Waals surface area contributed by atoms with Crippen LogP contribution in [0.3, 0.4) is 0 Å². The van der Waals surface area contributed by atoms with Crippen LogP contribution in [0.5, 0.6) is 0 Å². The molecule has 0 aromatic carbocycles. The molecule has 184 valence electrons. The Morgan fingerprint density at radius 1 is 1.21 bits per heavy atom. The van der Waals surface area contributed by atoms with Gasteiger partial charge in [-0.1, -0.05) is 30.4 Å². The van der Waals surface area contributed by atoms with Crippen molar-refractivity contribution in [3.05, 3.63) is 53.1 Å². The first-order chi connectivity index (χ1) is 16.4. The van der Waals surface area contributed by atoms with Gasteiger partial charge in [0.15, 0.2) is 11.6 Å². The zero-order chi connectivity index (χ0) is 24.5. The number of rotatable bonds is 1. The predicted molar refractivity (Wildman–Crippen MR) is 125 cm³/mol. The van der Waals surface area contributed by atoms with Gasteiger partial charge in [0.1, 0.15) is 18.4 Å². The van der Waals surface area contributed by atoms with Gasteiger partial charge in [-0.15, -0.1) is 11.8 Å². The van der Waals surface area contributed by atoms with Gasteiger partial charge in [-0.25, -0.2) is 9.78 Å². The second-order valence-corrected chi connectivity index (χ2v) is 8.97. The molecular formula is C23H29N3O7S. The van der Waals surface area contributed by atoms with Gasteiger partial charge in [-0.2, -0.15) is 0 Å². The number of allylic oxidation sites excluding steroid dienone is 2. The molecule has 2 aliphatic rings. The molecule has 0 fully saturated rings. The number of ether oxygens (including phenoxy) is 2. The summed E-state index contributed by atoms with van der Waals surface area (Å²) in [5, 5.41) is 15.7. The van der Waals surface area contributed by atoms with Crippen molar-refractivity contribution in [3.8, 4) is 0 Å². The number of methoxy groups -OCH3 is 1. The number of amides is 2. The molecule has 10 nitrogen and oxygen atoms in total. The number of carbonyl (C=O) groups is 3. The topological polar surface area (TPSA) is 140 Å². The number of nitrogens with zero attached hydrogens (tertiary/aromatic N) is 1. The Morgan fingerprint density at radius 3 is 2.82 bits per heavy atom. The number of esters is 1. The number of nitrogens with one attached hydrogen (secondary N) is 2. The van der Waals surface area contributed by atoms with E-state index in [4.69, 9.17) is 13.9 Å². The third kappa shape index (κ3) is 7.57. The lowest BCUT2D eigenvalue weighted by Crippen LogP contribution is -2.44. The van der Waals surface area contributed by atoms with E-state index in [1.165, 1.54) is 6.26 Å².